The Morgan fingerprint density at radius 3 is 2.92 bits per heavy atom. The second-order valence-electron chi connectivity index (χ2n) is 6.15. The van der Waals surface area contributed by atoms with Crippen molar-refractivity contribution < 1.29 is 4.39 Å². The minimum atomic E-state index is -0.545. The molecular formula is C17H16BrFN6O. The molecule has 0 saturated heterocycles. The van der Waals surface area contributed by atoms with E-state index < -0.39 is 5.82 Å². The van der Waals surface area contributed by atoms with Gasteiger partial charge in [-0.3, -0.25) is 14.3 Å². The molecule has 0 spiro atoms. The summed E-state index contributed by atoms with van der Waals surface area (Å²) in [6.45, 7) is 2.79. The van der Waals surface area contributed by atoms with Crippen molar-refractivity contribution in [1.82, 2.24) is 24.1 Å². The molecule has 0 aromatic carbocycles. The van der Waals surface area contributed by atoms with E-state index in [9.17, 15) is 9.18 Å². The van der Waals surface area contributed by atoms with Crippen molar-refractivity contribution in [2.45, 2.75) is 39.2 Å². The maximum Gasteiger partial charge on any atom is 0.266 e. The maximum absolute atomic E-state index is 14.2. The van der Waals surface area contributed by atoms with Crippen LogP contribution < -0.4 is 5.56 Å². The van der Waals surface area contributed by atoms with E-state index in [-0.39, 0.29) is 16.9 Å². The third kappa shape index (κ3) is 2.66. The molecule has 134 valence electrons. The van der Waals surface area contributed by atoms with Crippen molar-refractivity contribution in [1.29, 1.82) is 0 Å². The Labute approximate surface area is 156 Å². The molecule has 1 aliphatic rings. The van der Waals surface area contributed by atoms with Crippen LogP contribution in [0, 0.1) is 5.82 Å². The first-order valence-electron chi connectivity index (χ1n) is 8.45. The minimum Gasteiger partial charge on any atom is -0.294 e. The van der Waals surface area contributed by atoms with Crippen LogP contribution in [0.3, 0.4) is 0 Å². The molecular weight excluding hydrogens is 403 g/mol. The molecule has 9 heteroatoms. The average Bonchev–Trinajstić information content (AvgIpc) is 3.22. The molecule has 7 nitrogen and oxygen atoms in total. The van der Waals surface area contributed by atoms with Crippen LogP contribution >= 0.6 is 15.9 Å². The number of rotatable bonds is 5. The number of aromatic nitrogens is 5. The Bertz CT molecular complexity index is 1090. The summed E-state index contributed by atoms with van der Waals surface area (Å²) in [6, 6.07) is 1.49. The summed E-state index contributed by atoms with van der Waals surface area (Å²) in [7, 11) is 0. The van der Waals surface area contributed by atoms with Crippen LogP contribution in [0.1, 0.15) is 31.7 Å². The zero-order valence-corrected chi connectivity index (χ0v) is 15.7. The second kappa shape index (κ2) is 6.71. The van der Waals surface area contributed by atoms with Crippen molar-refractivity contribution >= 4 is 32.1 Å². The number of halogens is 2. The highest BCUT2D eigenvalue weighted by Gasteiger charge is 2.26. The number of unbranched alkanes of at least 4 members (excludes halogenated alkanes) is 2. The molecule has 0 amide bonds. The van der Waals surface area contributed by atoms with Gasteiger partial charge in [0, 0.05) is 19.2 Å². The van der Waals surface area contributed by atoms with Gasteiger partial charge in [0.2, 0.25) is 5.78 Å². The molecule has 4 rings (SSSR count). The highest BCUT2D eigenvalue weighted by molar-refractivity contribution is 9.18. The predicted molar refractivity (Wildman–Crippen MR) is 99.7 cm³/mol. The lowest BCUT2D eigenvalue weighted by Crippen LogP contribution is -2.23. The van der Waals surface area contributed by atoms with Gasteiger partial charge in [-0.2, -0.15) is 0 Å². The van der Waals surface area contributed by atoms with Crippen molar-refractivity contribution in [2.24, 2.45) is 4.99 Å². The van der Waals surface area contributed by atoms with Crippen LogP contribution in [0.25, 0.3) is 17.2 Å². The van der Waals surface area contributed by atoms with Gasteiger partial charge in [-0.05, 0) is 28.4 Å². The van der Waals surface area contributed by atoms with Crippen molar-refractivity contribution in [3.63, 3.8) is 0 Å². The molecule has 0 atom stereocenters. The zero-order valence-electron chi connectivity index (χ0n) is 14.1. The summed E-state index contributed by atoms with van der Waals surface area (Å²) in [4.78, 5) is 21.3. The van der Waals surface area contributed by atoms with Gasteiger partial charge < -0.3 is 0 Å². The molecule has 3 aromatic heterocycles. The fourth-order valence-electron chi connectivity index (χ4n) is 3.17. The van der Waals surface area contributed by atoms with Crippen LogP contribution in [0.5, 0.6) is 0 Å². The maximum atomic E-state index is 14.2. The standard InChI is InChI=1S/C17H16BrFN6O/c1-2-3-4-7-24-14-11(8-13(18)21-14)16(26)25-15(22-23-17(24)25)10-5-6-20-9-12(10)19/h5-6,9H,2-4,7-8H2,1H3. The number of aliphatic imine (C=N–C) groups is 1. The SMILES string of the molecule is CCCCCn1c2c(c(=O)n3c(-c4ccncc4F)nnc13)CC(Br)=N2. The number of hydrogen-bond donors (Lipinski definition) is 0. The molecule has 4 heterocycles. The van der Waals surface area contributed by atoms with E-state index in [2.05, 4.69) is 43.0 Å². The van der Waals surface area contributed by atoms with Crippen molar-refractivity contribution in [3.05, 3.63) is 40.2 Å². The highest BCUT2D eigenvalue weighted by Crippen LogP contribution is 2.29. The van der Waals surface area contributed by atoms with Gasteiger partial charge in [0.1, 0.15) is 5.82 Å². The van der Waals surface area contributed by atoms with Crippen LogP contribution in [0.15, 0.2) is 28.2 Å². The number of fused-ring (bicyclic) bond motifs is 2. The minimum absolute atomic E-state index is 0.181. The Hall–Kier alpha value is -2.42. The summed E-state index contributed by atoms with van der Waals surface area (Å²) >= 11 is 3.39. The Morgan fingerprint density at radius 1 is 1.31 bits per heavy atom. The molecule has 1 aliphatic heterocycles. The first-order chi connectivity index (χ1) is 12.6. The van der Waals surface area contributed by atoms with E-state index >= 15 is 0 Å². The Kier molecular flexibility index (Phi) is 4.39. The van der Waals surface area contributed by atoms with Gasteiger partial charge in [0.25, 0.3) is 5.56 Å². The lowest BCUT2D eigenvalue weighted by molar-refractivity contribution is 0.603. The first-order valence-corrected chi connectivity index (χ1v) is 9.25. The first kappa shape index (κ1) is 17.0. The normalized spacial score (nSPS) is 13.3. The molecule has 0 aliphatic carbocycles. The fourth-order valence-corrected chi connectivity index (χ4v) is 3.61. The van der Waals surface area contributed by atoms with E-state index in [0.717, 1.165) is 25.5 Å². The number of aryl methyl sites for hydroxylation is 1. The zero-order chi connectivity index (χ0) is 18.3. The van der Waals surface area contributed by atoms with Gasteiger partial charge in [-0.25, -0.2) is 13.8 Å². The Balaban J connectivity index is 1.98. The molecule has 26 heavy (non-hydrogen) atoms. The third-order valence-electron chi connectivity index (χ3n) is 4.42. The van der Waals surface area contributed by atoms with Crippen LogP contribution in [-0.4, -0.2) is 28.8 Å². The van der Waals surface area contributed by atoms with Crippen LogP contribution in [-0.2, 0) is 13.0 Å². The van der Waals surface area contributed by atoms with E-state index in [0.29, 0.717) is 34.7 Å². The lowest BCUT2D eigenvalue weighted by atomic mass is 10.2. The molecule has 0 radical (unpaired) electrons. The lowest BCUT2D eigenvalue weighted by Gasteiger charge is -2.12. The number of nitrogens with zero attached hydrogens (tertiary/aromatic N) is 6. The summed E-state index contributed by atoms with van der Waals surface area (Å²) in [5.41, 5.74) is 0.496. The van der Waals surface area contributed by atoms with Gasteiger partial charge in [-0.1, -0.05) is 19.8 Å². The summed E-state index contributed by atoms with van der Waals surface area (Å²) in [5, 5.41) is 8.28. The van der Waals surface area contributed by atoms with Crippen LogP contribution in [0.2, 0.25) is 0 Å². The smallest absolute Gasteiger partial charge is 0.266 e. The quantitative estimate of drug-likeness (QED) is 0.595. The summed E-state index contributed by atoms with van der Waals surface area (Å²) in [6.07, 6.45) is 6.04. The van der Waals surface area contributed by atoms with E-state index in [1.807, 2.05) is 4.57 Å². The molecule has 0 N–H and O–H groups in total. The van der Waals surface area contributed by atoms with Crippen molar-refractivity contribution in [2.75, 3.05) is 0 Å². The van der Waals surface area contributed by atoms with Gasteiger partial charge in [0.05, 0.1) is 21.9 Å². The van der Waals surface area contributed by atoms with Gasteiger partial charge >= 0.3 is 0 Å². The third-order valence-corrected chi connectivity index (χ3v) is 4.88. The Morgan fingerprint density at radius 2 is 2.15 bits per heavy atom. The summed E-state index contributed by atoms with van der Waals surface area (Å²) < 4.78 is 18.2. The molecule has 0 bridgehead atoms. The largest absolute Gasteiger partial charge is 0.294 e. The highest BCUT2D eigenvalue weighted by atomic mass is 79.9. The van der Waals surface area contributed by atoms with Gasteiger partial charge in [0.15, 0.2) is 11.6 Å². The van der Waals surface area contributed by atoms with E-state index in [4.69, 9.17) is 0 Å². The summed E-state index contributed by atoms with van der Waals surface area (Å²) in [5.74, 6) is 0.623. The average molecular weight is 419 g/mol. The number of hydrogen-bond acceptors (Lipinski definition) is 5. The van der Waals surface area contributed by atoms with Crippen LogP contribution in [0.4, 0.5) is 10.2 Å². The van der Waals surface area contributed by atoms with E-state index in [1.54, 1.807) is 0 Å². The topological polar surface area (TPSA) is 77.4 Å². The predicted octanol–water partition coefficient (Wildman–Crippen LogP) is 3.26. The van der Waals surface area contributed by atoms with Gasteiger partial charge in [-0.15, -0.1) is 10.2 Å². The fraction of sp³-hybridized carbons (Fsp3) is 0.353. The van der Waals surface area contributed by atoms with E-state index in [1.165, 1.54) is 16.7 Å². The molecule has 3 aromatic rings. The molecule has 0 unspecified atom stereocenters. The molecule has 0 fully saturated rings. The second-order valence-corrected chi connectivity index (χ2v) is 7.06. The van der Waals surface area contributed by atoms with Crippen molar-refractivity contribution in [3.8, 4) is 11.4 Å². The monoisotopic (exact) mass is 418 g/mol. The molecule has 0 saturated carbocycles. The number of pyridine rings is 1.